The van der Waals surface area contributed by atoms with Crippen LogP contribution in [0.25, 0.3) is 10.9 Å². The van der Waals surface area contributed by atoms with E-state index in [1.807, 2.05) is 18.2 Å². The number of benzene rings is 1. The summed E-state index contributed by atoms with van der Waals surface area (Å²) in [6, 6.07) is 9.60. The molecule has 1 saturated heterocycles. The number of aromatic amines is 1. The average molecular weight is 354 g/mol. The Balaban J connectivity index is 1.39. The molecule has 4 rings (SSSR count). The molecule has 3 aromatic rings. The second kappa shape index (κ2) is 7.21. The van der Waals surface area contributed by atoms with Gasteiger partial charge in [-0.15, -0.1) is 0 Å². The molecule has 0 saturated carbocycles. The first-order chi connectivity index (χ1) is 12.7. The number of likely N-dealkylation sites (tertiary alicyclic amines) is 1. The standard InChI is InChI=1S/C19H22N4O3/c1-23-9-2-4-13(23)8-11-25-14-6-7-15-16(12-14)21-22-18(15)20-19(24)17-5-3-10-26-17/h3,5-7,10,12-13H,2,4,8-9,11H2,1H3,(H2,20,21,22,24). The summed E-state index contributed by atoms with van der Waals surface area (Å²) in [4.78, 5) is 14.5. The number of nitrogens with one attached hydrogen (secondary N) is 2. The second-order valence-electron chi connectivity index (χ2n) is 6.62. The highest BCUT2D eigenvalue weighted by Crippen LogP contribution is 2.26. The summed E-state index contributed by atoms with van der Waals surface area (Å²) in [5.41, 5.74) is 0.815. The second-order valence-corrected chi connectivity index (χ2v) is 6.62. The minimum atomic E-state index is -0.329. The number of hydrogen-bond donors (Lipinski definition) is 2. The van der Waals surface area contributed by atoms with Gasteiger partial charge in [0.1, 0.15) is 5.75 Å². The fraction of sp³-hybridized carbons (Fsp3) is 0.368. The van der Waals surface area contributed by atoms with E-state index in [-0.39, 0.29) is 11.7 Å². The van der Waals surface area contributed by atoms with E-state index < -0.39 is 0 Å². The predicted molar refractivity (Wildman–Crippen MR) is 98.5 cm³/mol. The SMILES string of the molecule is CN1CCCC1CCOc1ccc2c(NC(=O)c3ccco3)n[nH]c2c1. The summed E-state index contributed by atoms with van der Waals surface area (Å²) in [6.45, 7) is 1.87. The highest BCUT2D eigenvalue weighted by molar-refractivity contribution is 6.06. The van der Waals surface area contributed by atoms with Crippen molar-refractivity contribution in [1.82, 2.24) is 15.1 Å². The maximum atomic E-state index is 12.1. The zero-order valence-corrected chi connectivity index (χ0v) is 14.7. The Kier molecular flexibility index (Phi) is 4.62. The van der Waals surface area contributed by atoms with Gasteiger partial charge in [-0.2, -0.15) is 5.10 Å². The van der Waals surface area contributed by atoms with Gasteiger partial charge in [0.15, 0.2) is 11.6 Å². The first kappa shape index (κ1) is 16.7. The first-order valence-electron chi connectivity index (χ1n) is 8.87. The van der Waals surface area contributed by atoms with E-state index in [4.69, 9.17) is 9.15 Å². The zero-order chi connectivity index (χ0) is 17.9. The molecule has 26 heavy (non-hydrogen) atoms. The van der Waals surface area contributed by atoms with Gasteiger partial charge < -0.3 is 19.4 Å². The third-order valence-electron chi connectivity index (χ3n) is 4.90. The van der Waals surface area contributed by atoms with E-state index in [0.717, 1.165) is 23.1 Å². The van der Waals surface area contributed by atoms with Gasteiger partial charge in [-0.25, -0.2) is 0 Å². The Morgan fingerprint density at radius 3 is 3.15 bits per heavy atom. The molecular weight excluding hydrogens is 332 g/mol. The van der Waals surface area contributed by atoms with Crippen molar-refractivity contribution in [2.75, 3.05) is 25.5 Å². The Morgan fingerprint density at radius 1 is 1.46 bits per heavy atom. The maximum absolute atomic E-state index is 12.1. The molecule has 1 aromatic carbocycles. The van der Waals surface area contributed by atoms with Gasteiger partial charge in [0.05, 0.1) is 18.4 Å². The molecule has 1 aliphatic heterocycles. The lowest BCUT2D eigenvalue weighted by atomic mass is 10.1. The van der Waals surface area contributed by atoms with Gasteiger partial charge in [-0.3, -0.25) is 9.89 Å². The number of ether oxygens (including phenoxy) is 1. The molecule has 7 nitrogen and oxygen atoms in total. The Morgan fingerprint density at radius 2 is 2.38 bits per heavy atom. The van der Waals surface area contributed by atoms with Crippen LogP contribution in [0.1, 0.15) is 29.8 Å². The van der Waals surface area contributed by atoms with Crippen LogP contribution in [0.15, 0.2) is 41.0 Å². The number of furan rings is 1. The lowest BCUT2D eigenvalue weighted by molar-refractivity contribution is 0.0996. The maximum Gasteiger partial charge on any atom is 0.292 e. The van der Waals surface area contributed by atoms with Crippen molar-refractivity contribution in [3.8, 4) is 5.75 Å². The van der Waals surface area contributed by atoms with Crippen LogP contribution < -0.4 is 10.1 Å². The van der Waals surface area contributed by atoms with E-state index in [0.29, 0.717) is 18.5 Å². The van der Waals surface area contributed by atoms with Crippen LogP contribution in [0.5, 0.6) is 5.75 Å². The van der Waals surface area contributed by atoms with Crippen molar-refractivity contribution in [3.63, 3.8) is 0 Å². The van der Waals surface area contributed by atoms with Gasteiger partial charge in [0.2, 0.25) is 0 Å². The first-order valence-corrected chi connectivity index (χ1v) is 8.87. The van der Waals surface area contributed by atoms with Gasteiger partial charge in [-0.1, -0.05) is 0 Å². The highest BCUT2D eigenvalue weighted by atomic mass is 16.5. The van der Waals surface area contributed by atoms with Crippen molar-refractivity contribution < 1.29 is 13.9 Å². The molecule has 1 aliphatic rings. The van der Waals surface area contributed by atoms with Crippen LogP contribution in [-0.4, -0.2) is 47.2 Å². The lowest BCUT2D eigenvalue weighted by Crippen LogP contribution is -2.26. The van der Waals surface area contributed by atoms with Crippen molar-refractivity contribution in [3.05, 3.63) is 42.4 Å². The van der Waals surface area contributed by atoms with Crippen molar-refractivity contribution in [2.45, 2.75) is 25.3 Å². The number of nitrogens with zero attached hydrogens (tertiary/aromatic N) is 2. The Hall–Kier alpha value is -2.80. The number of H-pyrrole nitrogens is 1. The monoisotopic (exact) mass is 354 g/mol. The zero-order valence-electron chi connectivity index (χ0n) is 14.7. The summed E-state index contributed by atoms with van der Waals surface area (Å²) < 4.78 is 11.0. The number of fused-ring (bicyclic) bond motifs is 1. The van der Waals surface area contributed by atoms with Crippen molar-refractivity contribution in [2.24, 2.45) is 0 Å². The van der Waals surface area contributed by atoms with E-state index in [1.165, 1.54) is 25.6 Å². The van der Waals surface area contributed by atoms with Crippen molar-refractivity contribution >= 4 is 22.6 Å². The number of anilines is 1. The number of carbonyl (C=O) groups is 1. The van der Waals surface area contributed by atoms with E-state index in [2.05, 4.69) is 27.5 Å². The summed E-state index contributed by atoms with van der Waals surface area (Å²) in [5, 5.41) is 10.7. The van der Waals surface area contributed by atoms with Gasteiger partial charge in [0, 0.05) is 17.5 Å². The van der Waals surface area contributed by atoms with Crippen LogP contribution in [0, 0.1) is 0 Å². The smallest absolute Gasteiger partial charge is 0.292 e. The molecule has 0 radical (unpaired) electrons. The molecule has 0 bridgehead atoms. The molecule has 1 unspecified atom stereocenters. The lowest BCUT2D eigenvalue weighted by Gasteiger charge is -2.19. The van der Waals surface area contributed by atoms with Gasteiger partial charge in [-0.05, 0) is 57.1 Å². The Bertz CT molecular complexity index is 887. The topological polar surface area (TPSA) is 83.4 Å². The summed E-state index contributed by atoms with van der Waals surface area (Å²) in [6.07, 6.45) is 5.01. The predicted octanol–water partition coefficient (Wildman–Crippen LogP) is 3.27. The van der Waals surface area contributed by atoms with E-state index in [1.54, 1.807) is 12.1 Å². The third kappa shape index (κ3) is 3.43. The molecular formula is C19H22N4O3. The van der Waals surface area contributed by atoms with Gasteiger partial charge in [0.25, 0.3) is 5.91 Å². The van der Waals surface area contributed by atoms with Crippen LogP contribution in [0.4, 0.5) is 5.82 Å². The molecule has 2 aromatic heterocycles. The molecule has 1 amide bonds. The average Bonchev–Trinajstić information content (AvgIpc) is 3.37. The molecule has 3 heterocycles. The minimum Gasteiger partial charge on any atom is -0.493 e. The summed E-state index contributed by atoms with van der Waals surface area (Å²) >= 11 is 0. The normalized spacial score (nSPS) is 17.7. The largest absolute Gasteiger partial charge is 0.493 e. The number of rotatable bonds is 6. The summed E-state index contributed by atoms with van der Waals surface area (Å²) in [7, 11) is 2.17. The molecule has 136 valence electrons. The Labute approximate surface area is 151 Å². The van der Waals surface area contributed by atoms with Crippen LogP contribution >= 0.6 is 0 Å². The van der Waals surface area contributed by atoms with Crippen LogP contribution in [-0.2, 0) is 0 Å². The number of aromatic nitrogens is 2. The van der Waals surface area contributed by atoms with E-state index in [9.17, 15) is 4.79 Å². The molecule has 0 spiro atoms. The highest BCUT2D eigenvalue weighted by Gasteiger charge is 2.20. The number of amides is 1. The molecule has 0 aliphatic carbocycles. The molecule has 2 N–H and O–H groups in total. The van der Waals surface area contributed by atoms with Crippen LogP contribution in [0.2, 0.25) is 0 Å². The molecule has 7 heteroatoms. The van der Waals surface area contributed by atoms with Crippen molar-refractivity contribution in [1.29, 1.82) is 0 Å². The fourth-order valence-corrected chi connectivity index (χ4v) is 3.42. The fourth-order valence-electron chi connectivity index (χ4n) is 3.42. The summed E-state index contributed by atoms with van der Waals surface area (Å²) in [5.74, 6) is 1.19. The third-order valence-corrected chi connectivity index (χ3v) is 4.90. The van der Waals surface area contributed by atoms with Gasteiger partial charge >= 0.3 is 0 Å². The van der Waals surface area contributed by atoms with Crippen LogP contribution in [0.3, 0.4) is 0 Å². The number of carbonyl (C=O) groups excluding carboxylic acids is 1. The minimum absolute atomic E-state index is 0.248. The molecule has 1 fully saturated rings. The quantitative estimate of drug-likeness (QED) is 0.710. The molecule has 1 atom stereocenters. The van der Waals surface area contributed by atoms with E-state index >= 15 is 0 Å². The number of hydrogen-bond acceptors (Lipinski definition) is 5.